The molecule has 182 valence electrons. The number of urea groups is 1. The molecule has 2 aromatic carbocycles. The number of ether oxygens (including phenoxy) is 1. The number of hydrogen-bond acceptors (Lipinski definition) is 6. The second kappa shape index (κ2) is 11.1. The Kier molecular flexibility index (Phi) is 8.27. The summed E-state index contributed by atoms with van der Waals surface area (Å²) >= 11 is 0. The second-order valence-electron chi connectivity index (χ2n) is 8.27. The average Bonchev–Trinajstić information content (AvgIpc) is 2.83. The molecular formula is C24H29N3O6S. The van der Waals surface area contributed by atoms with E-state index in [0.717, 1.165) is 42.0 Å². The first-order valence-electron chi connectivity index (χ1n) is 11.1. The van der Waals surface area contributed by atoms with Crippen LogP contribution in [-0.2, 0) is 19.6 Å². The number of carbonyl (C=O) groups excluding carboxylic acids is 3. The first-order valence-corrected chi connectivity index (χ1v) is 12.5. The molecule has 3 amide bonds. The van der Waals surface area contributed by atoms with E-state index in [-0.39, 0.29) is 16.5 Å². The molecule has 1 aliphatic rings. The van der Waals surface area contributed by atoms with Crippen LogP contribution in [0.2, 0.25) is 0 Å². The highest BCUT2D eigenvalue weighted by molar-refractivity contribution is 7.92. The molecule has 1 aliphatic carbocycles. The van der Waals surface area contributed by atoms with Crippen LogP contribution in [0.15, 0.2) is 53.4 Å². The van der Waals surface area contributed by atoms with E-state index in [1.165, 1.54) is 43.4 Å². The number of hydrogen-bond donors (Lipinski definition) is 2. The summed E-state index contributed by atoms with van der Waals surface area (Å²) in [6.45, 7) is 1.26. The SMILES string of the molecule is Cc1ccc(S(=O)(=O)N(C)c2ccc(C(=O)OCC(=O)NC(=O)NC3CCCCC3)cc2)cc1. The van der Waals surface area contributed by atoms with Gasteiger partial charge in [0, 0.05) is 13.1 Å². The second-order valence-corrected chi connectivity index (χ2v) is 10.2. The quantitative estimate of drug-likeness (QED) is 0.579. The molecule has 0 heterocycles. The molecule has 10 heteroatoms. The predicted octanol–water partition coefficient (Wildman–Crippen LogP) is 3.14. The Morgan fingerprint density at radius 1 is 0.971 bits per heavy atom. The normalized spacial score (nSPS) is 14.2. The maximum Gasteiger partial charge on any atom is 0.338 e. The molecule has 0 atom stereocenters. The van der Waals surface area contributed by atoms with E-state index < -0.39 is 34.5 Å². The Morgan fingerprint density at radius 3 is 2.21 bits per heavy atom. The largest absolute Gasteiger partial charge is 0.452 e. The fourth-order valence-corrected chi connectivity index (χ4v) is 4.86. The van der Waals surface area contributed by atoms with E-state index in [0.29, 0.717) is 5.69 Å². The Balaban J connectivity index is 1.51. The molecule has 0 spiro atoms. The summed E-state index contributed by atoms with van der Waals surface area (Å²) in [5, 5.41) is 4.90. The van der Waals surface area contributed by atoms with Crippen LogP contribution in [0.5, 0.6) is 0 Å². The minimum Gasteiger partial charge on any atom is -0.452 e. The van der Waals surface area contributed by atoms with Crippen molar-refractivity contribution in [1.29, 1.82) is 0 Å². The molecule has 0 bridgehead atoms. The summed E-state index contributed by atoms with van der Waals surface area (Å²) in [5.41, 5.74) is 1.45. The first kappa shape index (κ1) is 25.2. The van der Waals surface area contributed by atoms with Gasteiger partial charge in [0.1, 0.15) is 0 Å². The van der Waals surface area contributed by atoms with Gasteiger partial charge in [0.05, 0.1) is 16.1 Å². The number of esters is 1. The predicted molar refractivity (Wildman–Crippen MR) is 127 cm³/mol. The summed E-state index contributed by atoms with van der Waals surface area (Å²) in [4.78, 5) is 36.2. The highest BCUT2D eigenvalue weighted by atomic mass is 32.2. The average molecular weight is 488 g/mol. The van der Waals surface area contributed by atoms with Crippen molar-refractivity contribution in [3.8, 4) is 0 Å². The lowest BCUT2D eigenvalue weighted by Gasteiger charge is -2.22. The van der Waals surface area contributed by atoms with Gasteiger partial charge in [0.2, 0.25) is 0 Å². The van der Waals surface area contributed by atoms with Gasteiger partial charge >= 0.3 is 12.0 Å². The lowest BCUT2D eigenvalue weighted by Crippen LogP contribution is -2.46. The van der Waals surface area contributed by atoms with Gasteiger partial charge in [-0.2, -0.15) is 0 Å². The maximum atomic E-state index is 12.8. The minimum absolute atomic E-state index is 0.0515. The van der Waals surface area contributed by atoms with Crippen molar-refractivity contribution in [2.75, 3.05) is 18.0 Å². The van der Waals surface area contributed by atoms with Crippen LogP contribution in [0.25, 0.3) is 0 Å². The lowest BCUT2D eigenvalue weighted by atomic mass is 9.96. The zero-order valence-corrected chi connectivity index (χ0v) is 20.1. The highest BCUT2D eigenvalue weighted by Gasteiger charge is 2.22. The number of rotatable bonds is 7. The monoisotopic (exact) mass is 487 g/mol. The molecule has 1 saturated carbocycles. The van der Waals surface area contributed by atoms with Crippen molar-refractivity contribution in [1.82, 2.24) is 10.6 Å². The zero-order valence-electron chi connectivity index (χ0n) is 19.2. The van der Waals surface area contributed by atoms with Crippen molar-refractivity contribution < 1.29 is 27.5 Å². The Bertz CT molecular complexity index is 1120. The van der Waals surface area contributed by atoms with Crippen molar-refractivity contribution in [2.45, 2.75) is 50.0 Å². The van der Waals surface area contributed by atoms with Gasteiger partial charge in [-0.3, -0.25) is 14.4 Å². The third-order valence-electron chi connectivity index (χ3n) is 5.67. The van der Waals surface area contributed by atoms with E-state index in [4.69, 9.17) is 4.74 Å². The van der Waals surface area contributed by atoms with E-state index in [1.54, 1.807) is 12.1 Å². The number of aryl methyl sites for hydroxylation is 1. The molecule has 0 radical (unpaired) electrons. The van der Waals surface area contributed by atoms with Crippen LogP contribution in [0.1, 0.15) is 48.0 Å². The Hall–Kier alpha value is -3.40. The van der Waals surface area contributed by atoms with Gasteiger partial charge in [0.25, 0.3) is 15.9 Å². The highest BCUT2D eigenvalue weighted by Crippen LogP contribution is 2.23. The summed E-state index contributed by atoms with van der Waals surface area (Å²) in [5.74, 6) is -1.50. The number of benzene rings is 2. The minimum atomic E-state index is -3.76. The van der Waals surface area contributed by atoms with Gasteiger partial charge in [-0.25, -0.2) is 18.0 Å². The van der Waals surface area contributed by atoms with Crippen molar-refractivity contribution >= 4 is 33.6 Å². The number of nitrogens with zero attached hydrogens (tertiary/aromatic N) is 1. The van der Waals surface area contributed by atoms with Crippen LogP contribution >= 0.6 is 0 Å². The van der Waals surface area contributed by atoms with Crippen molar-refractivity contribution in [3.05, 3.63) is 59.7 Å². The number of amides is 3. The smallest absolute Gasteiger partial charge is 0.338 e. The number of nitrogens with one attached hydrogen (secondary N) is 2. The van der Waals surface area contributed by atoms with Gasteiger partial charge < -0.3 is 10.1 Å². The van der Waals surface area contributed by atoms with Crippen LogP contribution in [0.4, 0.5) is 10.5 Å². The Labute approximate surface area is 199 Å². The molecular weight excluding hydrogens is 458 g/mol. The topological polar surface area (TPSA) is 122 Å². The van der Waals surface area contributed by atoms with Gasteiger partial charge in [-0.1, -0.05) is 37.0 Å². The van der Waals surface area contributed by atoms with E-state index in [9.17, 15) is 22.8 Å². The number of anilines is 1. The molecule has 3 rings (SSSR count). The van der Waals surface area contributed by atoms with E-state index in [1.807, 2.05) is 6.92 Å². The van der Waals surface area contributed by atoms with Crippen LogP contribution in [0.3, 0.4) is 0 Å². The summed E-state index contributed by atoms with van der Waals surface area (Å²) in [6.07, 6.45) is 5.00. The third-order valence-corrected chi connectivity index (χ3v) is 7.47. The van der Waals surface area contributed by atoms with Gasteiger partial charge in [-0.15, -0.1) is 0 Å². The van der Waals surface area contributed by atoms with Crippen LogP contribution in [0, 0.1) is 6.92 Å². The fourth-order valence-electron chi connectivity index (χ4n) is 3.66. The van der Waals surface area contributed by atoms with Gasteiger partial charge in [-0.05, 0) is 56.2 Å². The zero-order chi connectivity index (χ0) is 24.7. The summed E-state index contributed by atoms with van der Waals surface area (Å²) in [6, 6.07) is 11.7. The molecule has 0 unspecified atom stereocenters. The molecule has 2 N–H and O–H groups in total. The van der Waals surface area contributed by atoms with E-state index >= 15 is 0 Å². The lowest BCUT2D eigenvalue weighted by molar-refractivity contribution is -0.123. The molecule has 34 heavy (non-hydrogen) atoms. The number of imide groups is 1. The first-order chi connectivity index (χ1) is 16.2. The van der Waals surface area contributed by atoms with Crippen molar-refractivity contribution in [2.24, 2.45) is 0 Å². The molecule has 0 saturated heterocycles. The maximum absolute atomic E-state index is 12.8. The van der Waals surface area contributed by atoms with Crippen LogP contribution < -0.4 is 14.9 Å². The summed E-state index contributed by atoms with van der Waals surface area (Å²) in [7, 11) is -2.34. The van der Waals surface area contributed by atoms with Crippen LogP contribution in [-0.4, -0.2) is 46.0 Å². The van der Waals surface area contributed by atoms with Gasteiger partial charge in [0.15, 0.2) is 6.61 Å². The van der Waals surface area contributed by atoms with E-state index in [2.05, 4.69) is 10.6 Å². The Morgan fingerprint density at radius 2 is 1.59 bits per heavy atom. The third kappa shape index (κ3) is 6.57. The molecule has 0 aliphatic heterocycles. The number of carbonyl (C=O) groups is 3. The van der Waals surface area contributed by atoms with Crippen molar-refractivity contribution in [3.63, 3.8) is 0 Å². The molecule has 2 aromatic rings. The summed E-state index contributed by atoms with van der Waals surface area (Å²) < 4.78 is 31.7. The number of sulfonamides is 1. The molecule has 1 fully saturated rings. The molecule has 9 nitrogen and oxygen atoms in total. The fraction of sp³-hybridized carbons (Fsp3) is 0.375. The standard InChI is InChI=1S/C24H29N3O6S/c1-17-8-14-21(15-9-17)34(31,32)27(2)20-12-10-18(11-13-20)23(29)33-16-22(28)26-24(30)25-19-6-4-3-5-7-19/h8-15,19H,3-7,16H2,1-2H3,(H2,25,26,28,30). The molecule has 0 aromatic heterocycles.